The van der Waals surface area contributed by atoms with E-state index in [1.54, 1.807) is 11.1 Å². The molecule has 0 unspecified atom stereocenters. The maximum absolute atomic E-state index is 13.1. The maximum atomic E-state index is 13.1. The molecule has 0 radical (unpaired) electrons. The molecule has 1 aliphatic heterocycles. The van der Waals surface area contributed by atoms with E-state index < -0.39 is 5.82 Å². The van der Waals surface area contributed by atoms with Gasteiger partial charge in [-0.2, -0.15) is 5.10 Å². The number of pyridine rings is 1. The van der Waals surface area contributed by atoms with E-state index in [0.717, 1.165) is 17.5 Å². The second kappa shape index (κ2) is 6.61. The molecule has 4 heterocycles. The molecule has 0 aromatic carbocycles. The van der Waals surface area contributed by atoms with Crippen molar-refractivity contribution < 1.29 is 13.6 Å². The van der Waals surface area contributed by atoms with Gasteiger partial charge in [0.15, 0.2) is 5.69 Å². The normalized spacial score (nSPS) is 13.9. The Bertz CT molecular complexity index is 990. The van der Waals surface area contributed by atoms with Crippen LogP contribution in [0, 0.1) is 12.7 Å². The van der Waals surface area contributed by atoms with Crippen LogP contribution in [-0.2, 0) is 13.0 Å². The number of aryl methyl sites for hydroxylation is 1. The van der Waals surface area contributed by atoms with Crippen molar-refractivity contribution >= 4 is 5.91 Å². The highest BCUT2D eigenvalue weighted by atomic mass is 19.1. The van der Waals surface area contributed by atoms with E-state index in [9.17, 15) is 9.18 Å². The largest absolute Gasteiger partial charge is 0.440 e. The molecule has 0 N–H and O–H groups in total. The zero-order valence-electron chi connectivity index (χ0n) is 15.4. The van der Waals surface area contributed by atoms with E-state index in [2.05, 4.69) is 23.8 Å². The lowest BCUT2D eigenvalue weighted by atomic mass is 10.0. The molecule has 1 amide bonds. The third-order valence-electron chi connectivity index (χ3n) is 4.63. The Morgan fingerprint density at radius 2 is 2.07 bits per heavy atom. The quantitative estimate of drug-likeness (QED) is 0.709. The van der Waals surface area contributed by atoms with Gasteiger partial charge in [-0.25, -0.2) is 14.4 Å². The number of carbonyl (C=O) groups is 1. The topological polar surface area (TPSA) is 77.1 Å². The average Bonchev–Trinajstić information content (AvgIpc) is 3.24. The fraction of sp³-hybridized carbons (Fsp3) is 0.368. The predicted octanol–water partition coefficient (Wildman–Crippen LogP) is 3.16. The standard InChI is InChI=1S/C19H20FN5O2/c1-11(2)25-16-6-7-24(19(26)15-5-4-13(20)9-21-15)10-14(16)17(23-25)18-22-8-12(3)27-18/h4-5,8-9,11H,6-7,10H2,1-3H3. The molecule has 3 aromatic heterocycles. The number of amides is 1. The second-order valence-electron chi connectivity index (χ2n) is 6.93. The van der Waals surface area contributed by atoms with Gasteiger partial charge >= 0.3 is 0 Å². The lowest BCUT2D eigenvalue weighted by molar-refractivity contribution is 0.0727. The third-order valence-corrected chi connectivity index (χ3v) is 4.63. The minimum atomic E-state index is -0.466. The number of rotatable bonds is 3. The first kappa shape index (κ1) is 17.4. The molecule has 0 fully saturated rings. The van der Waals surface area contributed by atoms with Gasteiger partial charge in [0, 0.05) is 30.3 Å². The summed E-state index contributed by atoms with van der Waals surface area (Å²) in [7, 11) is 0. The van der Waals surface area contributed by atoms with Gasteiger partial charge in [0.25, 0.3) is 5.91 Å². The molecule has 27 heavy (non-hydrogen) atoms. The molecule has 1 aliphatic rings. The molecule has 8 heteroatoms. The smallest absolute Gasteiger partial charge is 0.272 e. The lowest BCUT2D eigenvalue weighted by Crippen LogP contribution is -2.37. The highest BCUT2D eigenvalue weighted by Crippen LogP contribution is 2.31. The molecule has 4 rings (SSSR count). The van der Waals surface area contributed by atoms with Crippen LogP contribution in [0.3, 0.4) is 0 Å². The number of halogens is 1. The van der Waals surface area contributed by atoms with Gasteiger partial charge in [-0.3, -0.25) is 9.48 Å². The van der Waals surface area contributed by atoms with Crippen molar-refractivity contribution in [2.45, 2.75) is 39.8 Å². The number of hydrogen-bond donors (Lipinski definition) is 0. The number of fused-ring (bicyclic) bond motifs is 1. The minimum Gasteiger partial charge on any atom is -0.440 e. The Balaban J connectivity index is 1.70. The fourth-order valence-electron chi connectivity index (χ4n) is 3.35. The first-order valence-corrected chi connectivity index (χ1v) is 8.88. The summed E-state index contributed by atoms with van der Waals surface area (Å²) in [4.78, 5) is 22.7. The summed E-state index contributed by atoms with van der Waals surface area (Å²) < 4.78 is 20.7. The van der Waals surface area contributed by atoms with Crippen LogP contribution in [0.2, 0.25) is 0 Å². The number of oxazole rings is 1. The van der Waals surface area contributed by atoms with E-state index in [1.807, 2.05) is 11.6 Å². The van der Waals surface area contributed by atoms with Gasteiger partial charge in [0.1, 0.15) is 17.3 Å². The van der Waals surface area contributed by atoms with Crippen LogP contribution >= 0.6 is 0 Å². The molecule has 7 nitrogen and oxygen atoms in total. The maximum Gasteiger partial charge on any atom is 0.272 e. The summed E-state index contributed by atoms with van der Waals surface area (Å²) in [6, 6.07) is 2.83. The van der Waals surface area contributed by atoms with Gasteiger partial charge in [-0.1, -0.05) is 0 Å². The zero-order chi connectivity index (χ0) is 19.1. The Morgan fingerprint density at radius 1 is 1.26 bits per heavy atom. The van der Waals surface area contributed by atoms with Gasteiger partial charge in [0.05, 0.1) is 18.9 Å². The summed E-state index contributed by atoms with van der Waals surface area (Å²) in [6.45, 7) is 6.90. The average molecular weight is 369 g/mol. The number of hydrogen-bond acceptors (Lipinski definition) is 5. The molecule has 3 aromatic rings. The van der Waals surface area contributed by atoms with Crippen molar-refractivity contribution in [1.82, 2.24) is 24.6 Å². The van der Waals surface area contributed by atoms with Crippen molar-refractivity contribution in [2.24, 2.45) is 0 Å². The summed E-state index contributed by atoms with van der Waals surface area (Å²) in [5.41, 5.74) is 2.92. The highest BCUT2D eigenvalue weighted by Gasteiger charge is 2.31. The number of nitrogens with zero attached hydrogens (tertiary/aromatic N) is 5. The molecule has 0 saturated heterocycles. The molecule has 0 bridgehead atoms. The predicted molar refractivity (Wildman–Crippen MR) is 95.5 cm³/mol. The van der Waals surface area contributed by atoms with E-state index in [4.69, 9.17) is 9.52 Å². The van der Waals surface area contributed by atoms with Crippen LogP contribution in [0.5, 0.6) is 0 Å². The molecule has 0 aliphatic carbocycles. The van der Waals surface area contributed by atoms with Crippen molar-refractivity contribution in [2.75, 3.05) is 6.54 Å². The Morgan fingerprint density at radius 3 is 2.70 bits per heavy atom. The second-order valence-corrected chi connectivity index (χ2v) is 6.93. The van der Waals surface area contributed by atoms with Crippen molar-refractivity contribution in [1.29, 1.82) is 0 Å². The van der Waals surface area contributed by atoms with Crippen molar-refractivity contribution in [3.8, 4) is 11.6 Å². The monoisotopic (exact) mass is 369 g/mol. The Labute approximate surface area is 155 Å². The molecule has 0 saturated carbocycles. The van der Waals surface area contributed by atoms with E-state index in [1.165, 1.54) is 12.1 Å². The molecular formula is C19H20FN5O2. The molecule has 0 atom stereocenters. The SMILES string of the molecule is Cc1cnc(-c2nn(C(C)C)c3c2CN(C(=O)c2ccc(F)cn2)CC3)o1. The van der Waals surface area contributed by atoms with Crippen LogP contribution in [0.15, 0.2) is 28.9 Å². The third kappa shape index (κ3) is 3.11. The van der Waals surface area contributed by atoms with Gasteiger partial charge in [0.2, 0.25) is 5.89 Å². The summed E-state index contributed by atoms with van der Waals surface area (Å²) in [6.07, 6.45) is 3.39. The van der Waals surface area contributed by atoms with Crippen molar-refractivity contribution in [3.63, 3.8) is 0 Å². The Kier molecular flexibility index (Phi) is 4.25. The Hall–Kier alpha value is -3.03. The number of aromatic nitrogens is 4. The van der Waals surface area contributed by atoms with E-state index in [0.29, 0.717) is 36.9 Å². The zero-order valence-corrected chi connectivity index (χ0v) is 15.4. The van der Waals surface area contributed by atoms with Gasteiger partial charge < -0.3 is 9.32 Å². The van der Waals surface area contributed by atoms with E-state index >= 15 is 0 Å². The van der Waals surface area contributed by atoms with Crippen LogP contribution < -0.4 is 0 Å². The van der Waals surface area contributed by atoms with Crippen molar-refractivity contribution in [3.05, 3.63) is 53.1 Å². The fourth-order valence-corrected chi connectivity index (χ4v) is 3.35. The molecule has 0 spiro atoms. The summed E-state index contributed by atoms with van der Waals surface area (Å²) in [5, 5.41) is 4.71. The van der Waals surface area contributed by atoms with Crippen LogP contribution in [0.25, 0.3) is 11.6 Å². The van der Waals surface area contributed by atoms with Crippen LogP contribution in [0.1, 0.15) is 47.4 Å². The lowest BCUT2D eigenvalue weighted by Gasteiger charge is -2.28. The molecule has 140 valence electrons. The van der Waals surface area contributed by atoms with Crippen LogP contribution in [0.4, 0.5) is 4.39 Å². The number of carbonyl (C=O) groups excluding carboxylic acids is 1. The van der Waals surface area contributed by atoms with Crippen LogP contribution in [-0.4, -0.2) is 37.1 Å². The van der Waals surface area contributed by atoms with Gasteiger partial charge in [-0.05, 0) is 32.9 Å². The first-order valence-electron chi connectivity index (χ1n) is 8.88. The highest BCUT2D eigenvalue weighted by molar-refractivity contribution is 5.92. The summed E-state index contributed by atoms with van der Waals surface area (Å²) >= 11 is 0. The first-order chi connectivity index (χ1) is 12.9. The molecular weight excluding hydrogens is 349 g/mol. The minimum absolute atomic E-state index is 0.185. The van der Waals surface area contributed by atoms with Gasteiger partial charge in [-0.15, -0.1) is 0 Å². The van der Waals surface area contributed by atoms with E-state index in [-0.39, 0.29) is 17.6 Å². The summed E-state index contributed by atoms with van der Waals surface area (Å²) in [5.74, 6) is 0.467.